The molecule has 1 aromatic heterocycles. The molecule has 2 fully saturated rings. The van der Waals surface area contributed by atoms with Crippen LogP contribution in [-0.4, -0.2) is 64.4 Å². The molecule has 0 bridgehead atoms. The number of piperidine rings is 2. The van der Waals surface area contributed by atoms with Gasteiger partial charge in [-0.1, -0.05) is 6.07 Å². The number of carboxylic acid groups (broad SMARTS) is 1. The van der Waals surface area contributed by atoms with Crippen molar-refractivity contribution in [3.63, 3.8) is 0 Å². The highest BCUT2D eigenvalue weighted by molar-refractivity contribution is 5.85. The number of hydrogen-bond donors (Lipinski definition) is 2. The second kappa shape index (κ2) is 6.62. The molecule has 0 spiro atoms. The van der Waals surface area contributed by atoms with Crippen LogP contribution >= 0.6 is 0 Å². The van der Waals surface area contributed by atoms with Gasteiger partial charge in [0.25, 0.3) is 0 Å². The summed E-state index contributed by atoms with van der Waals surface area (Å²) in [6.07, 6.45) is 3.88. The highest BCUT2D eigenvalue weighted by Crippen LogP contribution is 2.24. The van der Waals surface area contributed by atoms with Crippen molar-refractivity contribution < 1.29 is 15.0 Å². The van der Waals surface area contributed by atoms with Crippen LogP contribution < -0.4 is 4.90 Å². The molecule has 120 valence electrons. The van der Waals surface area contributed by atoms with Crippen molar-refractivity contribution in [3.8, 4) is 0 Å². The number of aromatic carboxylic acids is 1. The van der Waals surface area contributed by atoms with Crippen molar-refractivity contribution in [2.75, 3.05) is 31.1 Å². The molecule has 1 atom stereocenters. The highest BCUT2D eigenvalue weighted by atomic mass is 16.4. The van der Waals surface area contributed by atoms with Crippen molar-refractivity contribution in [1.82, 2.24) is 9.88 Å². The second-order valence-electron chi connectivity index (χ2n) is 6.20. The van der Waals surface area contributed by atoms with Gasteiger partial charge in [0, 0.05) is 25.7 Å². The van der Waals surface area contributed by atoms with Crippen LogP contribution in [0.25, 0.3) is 0 Å². The summed E-state index contributed by atoms with van der Waals surface area (Å²) in [5.41, 5.74) is 0.0961. The molecule has 1 aromatic rings. The molecule has 0 aromatic carbocycles. The Bertz CT molecular complexity index is 529. The van der Waals surface area contributed by atoms with Gasteiger partial charge in [-0.05, 0) is 44.4 Å². The first-order valence-electron chi connectivity index (χ1n) is 8.01. The van der Waals surface area contributed by atoms with E-state index in [9.17, 15) is 9.90 Å². The molecule has 22 heavy (non-hydrogen) atoms. The third kappa shape index (κ3) is 3.39. The van der Waals surface area contributed by atoms with E-state index in [0.29, 0.717) is 6.04 Å². The molecule has 0 amide bonds. The fraction of sp³-hybridized carbons (Fsp3) is 0.625. The minimum atomic E-state index is -0.987. The predicted molar refractivity (Wildman–Crippen MR) is 83.2 cm³/mol. The third-order valence-electron chi connectivity index (χ3n) is 4.69. The number of aliphatic hydroxyl groups excluding tert-OH is 1. The normalized spacial score (nSPS) is 24.4. The van der Waals surface area contributed by atoms with Crippen molar-refractivity contribution in [2.45, 2.75) is 37.8 Å². The zero-order valence-corrected chi connectivity index (χ0v) is 12.7. The van der Waals surface area contributed by atoms with Crippen LogP contribution in [0, 0.1) is 0 Å². The Morgan fingerprint density at radius 3 is 2.64 bits per heavy atom. The minimum absolute atomic E-state index is 0.0961. The van der Waals surface area contributed by atoms with E-state index in [-0.39, 0.29) is 11.8 Å². The first kappa shape index (κ1) is 15.2. The summed E-state index contributed by atoms with van der Waals surface area (Å²) in [5.74, 6) is -0.240. The molecule has 0 saturated carbocycles. The molecule has 6 heteroatoms. The van der Waals surface area contributed by atoms with Crippen LogP contribution in [0.5, 0.6) is 0 Å². The number of anilines is 1. The largest absolute Gasteiger partial charge is 0.477 e. The SMILES string of the molecule is O=C(O)c1cccc(N2CCC(N3CCCC(O)C3)CC2)n1. The standard InChI is InChI=1S/C16H23N3O3/c20-13-3-2-8-19(11-13)12-6-9-18(10-7-12)15-5-1-4-14(17-15)16(21)22/h1,4-5,12-13,20H,2-3,6-11H2,(H,21,22). The number of carbonyl (C=O) groups is 1. The topological polar surface area (TPSA) is 76.9 Å². The summed E-state index contributed by atoms with van der Waals surface area (Å²) in [7, 11) is 0. The van der Waals surface area contributed by atoms with Crippen molar-refractivity contribution in [2.24, 2.45) is 0 Å². The molecular weight excluding hydrogens is 282 g/mol. The lowest BCUT2D eigenvalue weighted by Gasteiger charge is -2.41. The molecule has 2 saturated heterocycles. The van der Waals surface area contributed by atoms with Crippen molar-refractivity contribution >= 4 is 11.8 Å². The van der Waals surface area contributed by atoms with Gasteiger partial charge in [-0.25, -0.2) is 9.78 Å². The molecule has 0 aliphatic carbocycles. The van der Waals surface area contributed by atoms with Gasteiger partial charge in [0.15, 0.2) is 5.69 Å². The van der Waals surface area contributed by atoms with E-state index in [1.54, 1.807) is 6.07 Å². The summed E-state index contributed by atoms with van der Waals surface area (Å²) >= 11 is 0. The van der Waals surface area contributed by atoms with Gasteiger partial charge in [-0.2, -0.15) is 0 Å². The summed E-state index contributed by atoms with van der Waals surface area (Å²) in [5, 5.41) is 18.8. The summed E-state index contributed by atoms with van der Waals surface area (Å²) in [4.78, 5) is 19.8. The smallest absolute Gasteiger partial charge is 0.354 e. The Labute approximate surface area is 130 Å². The average Bonchev–Trinajstić information content (AvgIpc) is 2.55. The molecule has 3 rings (SSSR count). The fourth-order valence-corrected chi connectivity index (χ4v) is 3.49. The summed E-state index contributed by atoms with van der Waals surface area (Å²) in [6.45, 7) is 3.63. The maximum atomic E-state index is 11.0. The monoisotopic (exact) mass is 305 g/mol. The number of aliphatic hydroxyl groups is 1. The van der Waals surface area contributed by atoms with E-state index in [0.717, 1.165) is 57.7 Å². The highest BCUT2D eigenvalue weighted by Gasteiger charge is 2.28. The first-order chi connectivity index (χ1) is 10.6. The molecule has 2 aliphatic rings. The van der Waals surface area contributed by atoms with Gasteiger partial charge in [0.1, 0.15) is 5.82 Å². The van der Waals surface area contributed by atoms with Gasteiger partial charge >= 0.3 is 5.97 Å². The van der Waals surface area contributed by atoms with E-state index in [1.165, 1.54) is 6.07 Å². The maximum absolute atomic E-state index is 11.0. The van der Waals surface area contributed by atoms with Crippen LogP contribution in [0.3, 0.4) is 0 Å². The molecule has 1 unspecified atom stereocenters. The van der Waals surface area contributed by atoms with Gasteiger partial charge in [-0.3, -0.25) is 4.90 Å². The molecule has 0 radical (unpaired) electrons. The van der Waals surface area contributed by atoms with E-state index in [4.69, 9.17) is 5.11 Å². The Hall–Kier alpha value is -1.66. The number of nitrogens with zero attached hydrogens (tertiary/aromatic N) is 3. The lowest BCUT2D eigenvalue weighted by molar-refractivity contribution is 0.0398. The minimum Gasteiger partial charge on any atom is -0.477 e. The summed E-state index contributed by atoms with van der Waals surface area (Å²) < 4.78 is 0. The number of likely N-dealkylation sites (tertiary alicyclic amines) is 1. The van der Waals surface area contributed by atoms with Crippen molar-refractivity contribution in [1.29, 1.82) is 0 Å². The third-order valence-corrected chi connectivity index (χ3v) is 4.69. The van der Waals surface area contributed by atoms with Crippen molar-refractivity contribution in [3.05, 3.63) is 23.9 Å². The molecule has 2 N–H and O–H groups in total. The van der Waals surface area contributed by atoms with Gasteiger partial charge in [0.2, 0.25) is 0 Å². The number of carboxylic acids is 1. The van der Waals surface area contributed by atoms with Crippen LogP contribution in [-0.2, 0) is 0 Å². The number of β-amino-alcohol motifs (C(OH)–C–C–N with tert-alkyl or cyclic N) is 1. The van der Waals surface area contributed by atoms with E-state index in [1.807, 2.05) is 6.07 Å². The summed E-state index contributed by atoms with van der Waals surface area (Å²) in [6, 6.07) is 5.66. The zero-order chi connectivity index (χ0) is 15.5. The quantitative estimate of drug-likeness (QED) is 0.874. The Balaban J connectivity index is 1.59. The van der Waals surface area contributed by atoms with Gasteiger partial charge in [0.05, 0.1) is 6.10 Å². The molecule has 3 heterocycles. The van der Waals surface area contributed by atoms with Crippen LogP contribution in [0.15, 0.2) is 18.2 Å². The van der Waals surface area contributed by atoms with Crippen LogP contribution in [0.4, 0.5) is 5.82 Å². The predicted octanol–water partition coefficient (Wildman–Crippen LogP) is 1.21. The lowest BCUT2D eigenvalue weighted by Crippen LogP contribution is -2.49. The number of pyridine rings is 1. The van der Waals surface area contributed by atoms with Gasteiger partial charge in [-0.15, -0.1) is 0 Å². The number of aromatic nitrogens is 1. The number of hydrogen-bond acceptors (Lipinski definition) is 5. The lowest BCUT2D eigenvalue weighted by atomic mass is 9.99. The van der Waals surface area contributed by atoms with Crippen LogP contribution in [0.2, 0.25) is 0 Å². The maximum Gasteiger partial charge on any atom is 0.354 e. The Morgan fingerprint density at radius 1 is 1.18 bits per heavy atom. The Kier molecular flexibility index (Phi) is 4.59. The van der Waals surface area contributed by atoms with Crippen LogP contribution in [0.1, 0.15) is 36.2 Å². The fourth-order valence-electron chi connectivity index (χ4n) is 3.49. The van der Waals surface area contributed by atoms with Gasteiger partial charge < -0.3 is 15.1 Å². The van der Waals surface area contributed by atoms with E-state index < -0.39 is 5.97 Å². The average molecular weight is 305 g/mol. The molecular formula is C16H23N3O3. The zero-order valence-electron chi connectivity index (χ0n) is 12.7. The second-order valence-corrected chi connectivity index (χ2v) is 6.20. The first-order valence-corrected chi connectivity index (χ1v) is 8.01. The van der Waals surface area contributed by atoms with E-state index in [2.05, 4.69) is 14.8 Å². The Morgan fingerprint density at radius 2 is 1.95 bits per heavy atom. The number of rotatable bonds is 3. The molecule has 2 aliphatic heterocycles. The molecule has 6 nitrogen and oxygen atoms in total. The van der Waals surface area contributed by atoms with E-state index >= 15 is 0 Å².